The minimum absolute atomic E-state index is 0.0294. The van der Waals surface area contributed by atoms with E-state index in [-0.39, 0.29) is 129 Å². The van der Waals surface area contributed by atoms with Gasteiger partial charge >= 0.3 is 0 Å². The van der Waals surface area contributed by atoms with Crippen molar-refractivity contribution in [2.75, 3.05) is 59.3 Å². The summed E-state index contributed by atoms with van der Waals surface area (Å²) >= 11 is 0. The summed E-state index contributed by atoms with van der Waals surface area (Å²) in [5.74, 6) is 1.89. The number of amides is 6. The molecule has 852 valence electrons. The third kappa shape index (κ3) is 96.6. The zero-order valence-electron chi connectivity index (χ0n) is 97.5. The van der Waals surface area contributed by atoms with Crippen LogP contribution in [-0.4, -0.2) is 176 Å². The van der Waals surface area contributed by atoms with Gasteiger partial charge in [0.1, 0.15) is 0 Å². The van der Waals surface area contributed by atoms with Crippen molar-refractivity contribution < 1.29 is 59.4 Å². The molecule has 3 aliphatic rings. The van der Waals surface area contributed by atoms with E-state index < -0.39 is 0 Å². The number of likely N-dealkylation sites (tertiary alicyclic amines) is 3. The van der Waals surface area contributed by atoms with Gasteiger partial charge in [-0.1, -0.05) is 539 Å². The highest BCUT2D eigenvalue weighted by Crippen LogP contribution is 2.26. The van der Waals surface area contributed by atoms with Crippen LogP contribution in [0.5, 0.6) is 0 Å². The lowest BCUT2D eigenvalue weighted by atomic mass is 10.0. The predicted octanol–water partition coefficient (Wildman–Crippen LogP) is 32.8. The van der Waals surface area contributed by atoms with E-state index >= 15 is 0 Å². The van der Waals surface area contributed by atoms with E-state index in [0.29, 0.717) is 38.5 Å². The van der Waals surface area contributed by atoms with Crippen LogP contribution in [-0.2, 0) is 28.8 Å². The molecule has 0 unspecified atom stereocenters. The lowest BCUT2D eigenvalue weighted by Gasteiger charge is -2.22. The van der Waals surface area contributed by atoms with E-state index in [0.717, 1.165) is 116 Å². The molecule has 143 heavy (non-hydrogen) atoms. The molecule has 9 N–H and O–H groups in total. The van der Waals surface area contributed by atoms with Gasteiger partial charge in [-0.05, 0) is 94.8 Å². The van der Waals surface area contributed by atoms with Crippen molar-refractivity contribution >= 4 is 35.4 Å². The molecule has 0 spiro atoms. The number of unbranched alkanes of at least 4 members (excludes halogenated alkanes) is 71. The standard InChI is InChI=1S/C23H47NO2.C22H43NO2.C21H41NO2.C21H43NO2.C19H37NO2.C19H39NO2/c1-4-5-6-7-8-9-10-11-12-13-14-15-16-17-18-19-23(26)24-22(20-25)21(2)3;1-2-3-4-5-6-7-8-9-10-11-12-13-14-15-18-22(25)23-19-16-17-21(23)20-24;1-2-3-4-5-6-7-8-9-10-11-12-13-14-17-21(24)22-18-15-16-20(22)19-23;1-4-5-6-7-8-9-10-11-12-13-14-15-16-17-21(24)22-20(18-23)19(2)3;1-2-3-4-5-6-7-8-9-10-11-12-15-19(22)20-16-13-14-18(20)17-21;1-4-5-6-7-8-9-10-11-12-13-14-15-19(22)20-18(16-21)17(2)3/h21-22,25H,4-20H2,1-3H3,(H,24,26);21,24H,2-20H2,1H3;20,23H,2-19H2,1H3;19-20,23H,4-18H2,1-3H3,(H,22,24);18,21H,2-17H2,1H3;17-18,21H,4-16H2,1-3H3,(H,20,22)/t22-;21-;2*20-;2*18-/m000000/s1. The maximum Gasteiger partial charge on any atom is 0.222 e. The van der Waals surface area contributed by atoms with Gasteiger partial charge in [0.2, 0.25) is 35.4 Å². The number of carbonyl (C=O) groups excluding carboxylic acids is 6. The van der Waals surface area contributed by atoms with E-state index in [1.165, 1.54) is 437 Å². The molecule has 18 heteroatoms. The fourth-order valence-electron chi connectivity index (χ4n) is 20.2. The molecule has 18 nitrogen and oxygen atoms in total. The average Bonchev–Trinajstić information content (AvgIpc) is 1.75. The number of hydrogen-bond donors (Lipinski definition) is 9. The van der Waals surface area contributed by atoms with Crippen molar-refractivity contribution in [3.63, 3.8) is 0 Å². The highest BCUT2D eigenvalue weighted by atomic mass is 16.3. The third-order valence-corrected chi connectivity index (χ3v) is 30.5. The number of aliphatic hydroxyl groups excluding tert-OH is 6. The van der Waals surface area contributed by atoms with Crippen LogP contribution in [0.15, 0.2) is 0 Å². The van der Waals surface area contributed by atoms with Gasteiger partial charge in [0.05, 0.1) is 75.9 Å². The Morgan fingerprint density at radius 3 is 0.448 bits per heavy atom. The maximum absolute atomic E-state index is 12.1. The molecule has 3 aliphatic heterocycles. The van der Waals surface area contributed by atoms with Crippen LogP contribution in [0.4, 0.5) is 0 Å². The second-order valence-electron chi connectivity index (χ2n) is 45.1. The maximum atomic E-state index is 12.1. The molecule has 0 radical (unpaired) electrons. The van der Waals surface area contributed by atoms with E-state index in [1.807, 2.05) is 56.2 Å². The van der Waals surface area contributed by atoms with Gasteiger partial charge in [-0.25, -0.2) is 0 Å². The molecule has 3 rings (SSSR count). The fourth-order valence-corrected chi connectivity index (χ4v) is 20.2. The molecule has 0 aromatic rings. The van der Waals surface area contributed by atoms with Gasteiger partial charge in [-0.15, -0.1) is 0 Å². The molecule has 0 aromatic carbocycles. The largest absolute Gasteiger partial charge is 0.394 e. The molecular weight excluding hydrogens is 1780 g/mol. The van der Waals surface area contributed by atoms with Crippen LogP contribution in [0.25, 0.3) is 0 Å². The Balaban J connectivity index is -0.00000165. The van der Waals surface area contributed by atoms with E-state index in [4.69, 9.17) is 0 Å². The first-order valence-corrected chi connectivity index (χ1v) is 63.1. The van der Waals surface area contributed by atoms with Crippen LogP contribution < -0.4 is 16.0 Å². The molecule has 6 atom stereocenters. The van der Waals surface area contributed by atoms with Crippen LogP contribution in [0.2, 0.25) is 0 Å². The van der Waals surface area contributed by atoms with Crippen molar-refractivity contribution in [3.05, 3.63) is 0 Å². The monoisotopic (exact) mass is 2030 g/mol. The van der Waals surface area contributed by atoms with Crippen molar-refractivity contribution in [1.29, 1.82) is 0 Å². The Kier molecular flexibility index (Phi) is 115. The minimum atomic E-state index is -0.0983. The summed E-state index contributed by atoms with van der Waals surface area (Å²) in [7, 11) is 0. The normalized spacial score (nSPS) is 15.1. The molecule has 3 heterocycles. The van der Waals surface area contributed by atoms with Crippen LogP contribution in [0.3, 0.4) is 0 Å². The molecular formula is C125H250N6O12. The number of hydrogen-bond acceptors (Lipinski definition) is 12. The van der Waals surface area contributed by atoms with Crippen molar-refractivity contribution in [3.8, 4) is 0 Å². The first kappa shape index (κ1) is 144. The van der Waals surface area contributed by atoms with E-state index in [9.17, 15) is 59.4 Å². The molecule has 3 fully saturated rings. The van der Waals surface area contributed by atoms with E-state index in [1.54, 1.807) is 0 Å². The molecule has 6 amide bonds. The molecule has 0 bridgehead atoms. The minimum Gasteiger partial charge on any atom is -0.394 e. The van der Waals surface area contributed by atoms with Gasteiger partial charge in [0.25, 0.3) is 0 Å². The highest BCUT2D eigenvalue weighted by molar-refractivity contribution is 5.78. The lowest BCUT2D eigenvalue weighted by molar-refractivity contribution is -0.133. The number of aliphatic hydroxyl groups is 6. The molecule has 3 saturated heterocycles. The number of carbonyl (C=O) groups is 6. The third-order valence-electron chi connectivity index (χ3n) is 30.5. The van der Waals surface area contributed by atoms with Gasteiger partial charge in [0.15, 0.2) is 0 Å². The Hall–Kier alpha value is -3.42. The zero-order chi connectivity index (χ0) is 106. The predicted molar refractivity (Wildman–Crippen MR) is 614 cm³/mol. The van der Waals surface area contributed by atoms with Crippen molar-refractivity contribution in [2.24, 2.45) is 17.8 Å². The topological polar surface area (TPSA) is 270 Å². The first-order chi connectivity index (χ1) is 69.7. The van der Waals surface area contributed by atoms with Crippen LogP contribution >= 0.6 is 0 Å². The first-order valence-electron chi connectivity index (χ1n) is 63.1. The van der Waals surface area contributed by atoms with Crippen molar-refractivity contribution in [1.82, 2.24) is 30.7 Å². The van der Waals surface area contributed by atoms with Crippen molar-refractivity contribution in [2.45, 2.75) is 691 Å². The summed E-state index contributed by atoms with van der Waals surface area (Å²) in [4.78, 5) is 77.5. The second kappa shape index (κ2) is 114. The van der Waals surface area contributed by atoms with Gasteiger partial charge < -0.3 is 61.3 Å². The number of rotatable bonds is 95. The SMILES string of the molecule is CCCCCCCCCCCCCC(=O)N1CCC[C@H]1CO.CCCCCCCCCCCCCC(=O)N[C@@H](CO)C(C)C.CCCCCCCCCCCCCCCC(=O)N1CCC[C@H]1CO.CCCCCCCCCCCCCCCC(=O)N[C@@H](CO)C(C)C.CCCCCCCCCCCCCCCCC(=O)N1CCC[C@H]1CO.CCCCCCCCCCCCCCCCCC(=O)N[C@@H](CO)C(C)C. The summed E-state index contributed by atoms with van der Waals surface area (Å²) < 4.78 is 0. The van der Waals surface area contributed by atoms with Crippen LogP contribution in [0.1, 0.15) is 655 Å². The Morgan fingerprint density at radius 1 is 0.203 bits per heavy atom. The summed E-state index contributed by atoms with van der Waals surface area (Å²) in [5.41, 5.74) is 0. The van der Waals surface area contributed by atoms with Gasteiger partial charge in [0, 0.05) is 58.2 Å². The van der Waals surface area contributed by atoms with E-state index in [2.05, 4.69) is 57.5 Å². The Morgan fingerprint density at radius 2 is 0.329 bits per heavy atom. The summed E-state index contributed by atoms with van der Waals surface area (Å²) in [6.45, 7) is 28.8. The smallest absolute Gasteiger partial charge is 0.222 e. The number of nitrogens with one attached hydrogen (secondary N) is 3. The highest BCUT2D eigenvalue weighted by Gasteiger charge is 2.30. The summed E-state index contributed by atoms with van der Waals surface area (Å²) in [6, 6.07) is -0.00246. The molecule has 0 aliphatic carbocycles. The van der Waals surface area contributed by atoms with Gasteiger partial charge in [-0.3, -0.25) is 28.8 Å². The zero-order valence-corrected chi connectivity index (χ0v) is 97.5. The summed E-state index contributed by atoms with van der Waals surface area (Å²) in [6.07, 6.45) is 112. The average molecular weight is 2030 g/mol. The second-order valence-corrected chi connectivity index (χ2v) is 45.1. The molecule has 0 aromatic heterocycles. The number of nitrogens with zero attached hydrogens (tertiary/aromatic N) is 3. The van der Waals surface area contributed by atoms with Crippen LogP contribution in [0, 0.1) is 17.8 Å². The Bertz CT molecular complexity index is 2630. The summed E-state index contributed by atoms with van der Waals surface area (Å²) in [5, 5.41) is 64.2. The quantitative estimate of drug-likeness (QED) is 0.0257. The fraction of sp³-hybridized carbons (Fsp3) is 0.952. The molecule has 0 saturated carbocycles. The Labute approximate surface area is 888 Å². The lowest BCUT2D eigenvalue weighted by Crippen LogP contribution is -2.41. The van der Waals surface area contributed by atoms with Gasteiger partial charge in [-0.2, -0.15) is 0 Å².